The third-order valence-electron chi connectivity index (χ3n) is 5.46. The van der Waals surface area contributed by atoms with Crippen LogP contribution in [0.2, 0.25) is 0 Å². The fraction of sp³-hybridized carbons (Fsp3) is 0.625. The molecule has 2 aromatic rings. The van der Waals surface area contributed by atoms with Gasteiger partial charge in [-0.05, 0) is 24.3 Å². The van der Waals surface area contributed by atoms with Crippen LogP contribution in [0.3, 0.4) is 0 Å². The summed E-state index contributed by atoms with van der Waals surface area (Å²) in [6.45, 7) is 4.31. The van der Waals surface area contributed by atoms with Gasteiger partial charge in [-0.25, -0.2) is 0 Å². The van der Waals surface area contributed by atoms with Crippen molar-refractivity contribution in [1.82, 2.24) is 29.4 Å². The zero-order valence-corrected chi connectivity index (χ0v) is 13.4. The molecule has 126 valence electrons. The summed E-state index contributed by atoms with van der Waals surface area (Å²) in [7, 11) is 0. The van der Waals surface area contributed by atoms with Crippen LogP contribution in [0.5, 0.6) is 0 Å². The Morgan fingerprint density at radius 3 is 2.92 bits per heavy atom. The van der Waals surface area contributed by atoms with E-state index in [1.165, 1.54) is 0 Å². The Bertz CT molecular complexity index is 745. The van der Waals surface area contributed by atoms with Gasteiger partial charge in [-0.3, -0.25) is 9.48 Å². The van der Waals surface area contributed by atoms with Gasteiger partial charge >= 0.3 is 0 Å². The van der Waals surface area contributed by atoms with Gasteiger partial charge in [0.1, 0.15) is 6.54 Å². The molecule has 2 aromatic heterocycles. The van der Waals surface area contributed by atoms with Crippen molar-refractivity contribution in [3.63, 3.8) is 0 Å². The summed E-state index contributed by atoms with van der Waals surface area (Å²) in [6, 6.07) is 1.90. The van der Waals surface area contributed by atoms with Crippen LogP contribution in [0.25, 0.3) is 0 Å². The van der Waals surface area contributed by atoms with E-state index in [1.54, 1.807) is 6.20 Å². The lowest BCUT2D eigenvalue weighted by Gasteiger charge is -2.20. The maximum atomic E-state index is 12.8. The first kappa shape index (κ1) is 14.2. The van der Waals surface area contributed by atoms with Gasteiger partial charge in [-0.2, -0.15) is 5.10 Å². The number of hydrogen-bond acceptors (Lipinski definition) is 5. The van der Waals surface area contributed by atoms with Crippen LogP contribution in [-0.2, 0) is 29.2 Å². The van der Waals surface area contributed by atoms with Crippen molar-refractivity contribution in [3.8, 4) is 0 Å². The molecule has 8 heteroatoms. The molecular weight excluding hydrogens is 308 g/mol. The molecule has 3 aliphatic rings. The topological polar surface area (TPSA) is 78.1 Å². The number of fused-ring (bicyclic) bond motifs is 2. The Morgan fingerprint density at radius 2 is 2.12 bits per heavy atom. The van der Waals surface area contributed by atoms with Gasteiger partial charge in [0.15, 0.2) is 11.6 Å². The lowest BCUT2D eigenvalue weighted by Crippen LogP contribution is -2.33. The van der Waals surface area contributed by atoms with Gasteiger partial charge in [-0.1, -0.05) is 0 Å². The highest BCUT2D eigenvalue weighted by Gasteiger charge is 2.58. The fourth-order valence-electron chi connectivity index (χ4n) is 4.08. The summed E-state index contributed by atoms with van der Waals surface area (Å²) in [5.74, 6) is 3.14. The van der Waals surface area contributed by atoms with Gasteiger partial charge in [0.05, 0.1) is 19.8 Å². The summed E-state index contributed by atoms with van der Waals surface area (Å²) >= 11 is 0. The number of ether oxygens (including phenoxy) is 1. The molecule has 1 amide bonds. The van der Waals surface area contributed by atoms with E-state index in [4.69, 9.17) is 4.74 Å². The molecule has 4 heterocycles. The third-order valence-corrected chi connectivity index (χ3v) is 5.46. The molecule has 1 aliphatic carbocycles. The van der Waals surface area contributed by atoms with Crippen LogP contribution in [0, 0.1) is 17.8 Å². The Labute approximate surface area is 139 Å². The smallest absolute Gasteiger partial charge is 0.226 e. The van der Waals surface area contributed by atoms with E-state index in [1.807, 2.05) is 21.8 Å². The molecule has 8 nitrogen and oxygen atoms in total. The van der Waals surface area contributed by atoms with Crippen molar-refractivity contribution < 1.29 is 9.53 Å². The second kappa shape index (κ2) is 5.41. The summed E-state index contributed by atoms with van der Waals surface area (Å²) < 4.78 is 9.39. The monoisotopic (exact) mass is 328 g/mol. The van der Waals surface area contributed by atoms with Crippen molar-refractivity contribution in [3.05, 3.63) is 30.1 Å². The average molecular weight is 328 g/mol. The van der Waals surface area contributed by atoms with E-state index in [9.17, 15) is 4.79 Å². The molecule has 1 saturated carbocycles. The number of amides is 1. The molecule has 0 radical (unpaired) electrons. The molecule has 0 N–H and O–H groups in total. The second-order valence-electron chi connectivity index (χ2n) is 6.89. The van der Waals surface area contributed by atoms with E-state index < -0.39 is 0 Å². The zero-order chi connectivity index (χ0) is 16.1. The van der Waals surface area contributed by atoms with E-state index in [2.05, 4.69) is 19.9 Å². The normalized spacial score (nSPS) is 28.3. The van der Waals surface area contributed by atoms with E-state index >= 15 is 0 Å². The van der Waals surface area contributed by atoms with E-state index in [0.717, 1.165) is 44.4 Å². The molecule has 5 rings (SSSR count). The summed E-state index contributed by atoms with van der Waals surface area (Å²) in [6.07, 6.45) is 4.61. The lowest BCUT2D eigenvalue weighted by molar-refractivity contribution is -0.134. The van der Waals surface area contributed by atoms with Gasteiger partial charge < -0.3 is 14.2 Å². The third kappa shape index (κ3) is 2.24. The summed E-state index contributed by atoms with van der Waals surface area (Å²) in [5, 5.41) is 12.9. The molecule has 2 fully saturated rings. The van der Waals surface area contributed by atoms with Crippen LogP contribution in [-0.4, -0.2) is 55.1 Å². The Balaban J connectivity index is 1.33. The highest BCUT2D eigenvalue weighted by molar-refractivity contribution is 5.82. The van der Waals surface area contributed by atoms with Crippen LogP contribution >= 0.6 is 0 Å². The number of nitrogens with zero attached hydrogens (tertiary/aromatic N) is 6. The number of hydrogen-bond donors (Lipinski definition) is 0. The molecule has 24 heavy (non-hydrogen) atoms. The largest absolute Gasteiger partial charge is 0.381 e. The first-order chi connectivity index (χ1) is 11.8. The van der Waals surface area contributed by atoms with Gasteiger partial charge in [-0.15, -0.1) is 10.2 Å². The number of aromatic nitrogens is 5. The van der Waals surface area contributed by atoms with Crippen molar-refractivity contribution in [2.75, 3.05) is 19.8 Å². The minimum atomic E-state index is 0.178. The van der Waals surface area contributed by atoms with E-state index in [0.29, 0.717) is 24.9 Å². The predicted octanol–water partition coefficient (Wildman–Crippen LogP) is 0.148. The standard InChI is InChI=1S/C16H20N6O2/c23-16(15-11-9-24-10-12(11)15)20-4-2-6-22-13(7-20)18-19-14(22)8-21-5-1-3-17-21/h1,3,5,11-12,15H,2,4,6-10H2/t11-,12+,15?. The molecule has 2 aliphatic heterocycles. The quantitative estimate of drug-likeness (QED) is 0.801. The average Bonchev–Trinajstić information content (AvgIpc) is 2.99. The number of rotatable bonds is 3. The zero-order valence-electron chi connectivity index (χ0n) is 13.4. The van der Waals surface area contributed by atoms with Crippen molar-refractivity contribution >= 4 is 5.91 Å². The van der Waals surface area contributed by atoms with Gasteiger partial charge in [0, 0.05) is 31.4 Å². The first-order valence-corrected chi connectivity index (χ1v) is 8.56. The first-order valence-electron chi connectivity index (χ1n) is 8.56. The van der Waals surface area contributed by atoms with Crippen LogP contribution < -0.4 is 0 Å². The Kier molecular flexibility index (Phi) is 3.19. The molecule has 0 spiro atoms. The SMILES string of the molecule is O=C(C1[C@H]2COC[C@@H]12)N1CCCn2c(nnc2Cn2cccn2)C1. The van der Waals surface area contributed by atoms with Crippen LogP contribution in [0.1, 0.15) is 18.1 Å². The summed E-state index contributed by atoms with van der Waals surface area (Å²) in [4.78, 5) is 14.8. The Hall–Kier alpha value is -2.22. The maximum Gasteiger partial charge on any atom is 0.226 e. The number of carbonyl (C=O) groups is 1. The van der Waals surface area contributed by atoms with E-state index in [-0.39, 0.29) is 11.8 Å². The minimum Gasteiger partial charge on any atom is -0.381 e. The predicted molar refractivity (Wildman–Crippen MR) is 82.7 cm³/mol. The highest BCUT2D eigenvalue weighted by Crippen LogP contribution is 2.51. The van der Waals surface area contributed by atoms with Crippen LogP contribution in [0.15, 0.2) is 18.5 Å². The van der Waals surface area contributed by atoms with Gasteiger partial charge in [0.25, 0.3) is 0 Å². The molecule has 1 unspecified atom stereocenters. The second-order valence-corrected chi connectivity index (χ2v) is 6.89. The van der Waals surface area contributed by atoms with Gasteiger partial charge in [0.2, 0.25) is 5.91 Å². The van der Waals surface area contributed by atoms with Crippen LogP contribution in [0.4, 0.5) is 0 Å². The molecular formula is C16H20N6O2. The van der Waals surface area contributed by atoms with Crippen molar-refractivity contribution in [1.29, 1.82) is 0 Å². The fourth-order valence-corrected chi connectivity index (χ4v) is 4.08. The Morgan fingerprint density at radius 1 is 1.25 bits per heavy atom. The molecule has 0 aromatic carbocycles. The highest BCUT2D eigenvalue weighted by atomic mass is 16.5. The summed E-state index contributed by atoms with van der Waals surface area (Å²) in [5.41, 5.74) is 0. The molecule has 1 saturated heterocycles. The van der Waals surface area contributed by atoms with Crippen molar-refractivity contribution in [2.45, 2.75) is 26.1 Å². The minimum absolute atomic E-state index is 0.178. The number of carbonyl (C=O) groups excluding carboxylic acids is 1. The maximum absolute atomic E-state index is 12.8. The molecule has 3 atom stereocenters. The van der Waals surface area contributed by atoms with Crippen molar-refractivity contribution in [2.24, 2.45) is 17.8 Å². The molecule has 0 bridgehead atoms. The lowest BCUT2D eigenvalue weighted by atomic mass is 10.2.